The molecule has 1 aromatic carbocycles. The summed E-state index contributed by atoms with van der Waals surface area (Å²) >= 11 is 5.82. The lowest BCUT2D eigenvalue weighted by atomic mass is 10.2. The van der Waals surface area contributed by atoms with Crippen molar-refractivity contribution in [3.05, 3.63) is 34.9 Å². The van der Waals surface area contributed by atoms with Crippen molar-refractivity contribution in [2.75, 3.05) is 32.7 Å². The molecule has 0 spiro atoms. The van der Waals surface area contributed by atoms with Crippen molar-refractivity contribution >= 4 is 29.9 Å². The van der Waals surface area contributed by atoms with Crippen molar-refractivity contribution in [2.24, 2.45) is 0 Å². The van der Waals surface area contributed by atoms with Gasteiger partial charge in [0.15, 0.2) is 0 Å². The monoisotopic (exact) mass is 317 g/mol. The van der Waals surface area contributed by atoms with Gasteiger partial charge in [0.25, 0.3) is 0 Å². The van der Waals surface area contributed by atoms with Gasteiger partial charge in [-0.15, -0.1) is 12.4 Å². The molecule has 6 heteroatoms. The fraction of sp³-hybridized carbons (Fsp3) is 0.500. The van der Waals surface area contributed by atoms with Gasteiger partial charge in [-0.2, -0.15) is 0 Å². The van der Waals surface area contributed by atoms with E-state index in [-0.39, 0.29) is 18.3 Å². The molecule has 0 unspecified atom stereocenters. The summed E-state index contributed by atoms with van der Waals surface area (Å²) in [6.07, 6.45) is 1.10. The van der Waals surface area contributed by atoms with Crippen LogP contribution in [0, 0.1) is 0 Å². The average molecular weight is 318 g/mol. The Balaban J connectivity index is 0.00000200. The SMILES string of the molecule is Cl.O=C(CN1CCCNCC1)NCc1ccc(Cl)cc1. The third-order valence-electron chi connectivity index (χ3n) is 3.20. The quantitative estimate of drug-likeness (QED) is 0.888. The minimum Gasteiger partial charge on any atom is -0.351 e. The minimum atomic E-state index is 0. The molecule has 20 heavy (non-hydrogen) atoms. The van der Waals surface area contributed by atoms with Gasteiger partial charge in [0.05, 0.1) is 6.54 Å². The number of hydrogen-bond acceptors (Lipinski definition) is 3. The average Bonchev–Trinajstić information content (AvgIpc) is 2.67. The molecular formula is C14H21Cl2N3O. The number of nitrogens with one attached hydrogen (secondary N) is 2. The molecular weight excluding hydrogens is 297 g/mol. The predicted molar refractivity (Wildman–Crippen MR) is 84.5 cm³/mol. The van der Waals surface area contributed by atoms with Gasteiger partial charge in [-0.25, -0.2) is 0 Å². The zero-order valence-electron chi connectivity index (χ0n) is 11.4. The highest BCUT2D eigenvalue weighted by molar-refractivity contribution is 6.30. The summed E-state index contributed by atoms with van der Waals surface area (Å²) in [5.41, 5.74) is 1.07. The van der Waals surface area contributed by atoms with E-state index in [1.165, 1.54) is 0 Å². The molecule has 0 aliphatic carbocycles. The lowest BCUT2D eigenvalue weighted by Gasteiger charge is -2.18. The van der Waals surface area contributed by atoms with E-state index in [2.05, 4.69) is 15.5 Å². The molecule has 0 aromatic heterocycles. The van der Waals surface area contributed by atoms with Crippen LogP contribution >= 0.6 is 24.0 Å². The molecule has 1 heterocycles. The summed E-state index contributed by atoms with van der Waals surface area (Å²) in [7, 11) is 0. The number of carbonyl (C=O) groups excluding carboxylic acids is 1. The number of halogens is 2. The Morgan fingerprint density at radius 2 is 2.00 bits per heavy atom. The van der Waals surface area contributed by atoms with Gasteiger partial charge in [-0.05, 0) is 37.2 Å². The number of carbonyl (C=O) groups is 1. The summed E-state index contributed by atoms with van der Waals surface area (Å²) < 4.78 is 0. The smallest absolute Gasteiger partial charge is 0.234 e. The standard InChI is InChI=1S/C14H20ClN3O.ClH/c15-13-4-2-12(3-5-13)10-17-14(19)11-18-8-1-6-16-7-9-18;/h2-5,16H,1,6-11H2,(H,17,19);1H. The van der Waals surface area contributed by atoms with Crippen molar-refractivity contribution in [3.8, 4) is 0 Å². The second-order valence-corrected chi connectivity index (χ2v) is 5.22. The maximum absolute atomic E-state index is 11.9. The summed E-state index contributed by atoms with van der Waals surface area (Å²) in [5.74, 6) is 0.0804. The molecule has 1 aliphatic rings. The van der Waals surface area contributed by atoms with Crippen LogP contribution in [0.3, 0.4) is 0 Å². The Labute approximate surface area is 131 Å². The molecule has 0 bridgehead atoms. The van der Waals surface area contributed by atoms with Crippen LogP contribution in [0.1, 0.15) is 12.0 Å². The first-order valence-electron chi connectivity index (χ1n) is 6.68. The molecule has 1 fully saturated rings. The minimum absolute atomic E-state index is 0. The third kappa shape index (κ3) is 6.09. The number of amides is 1. The number of hydrogen-bond donors (Lipinski definition) is 2. The topological polar surface area (TPSA) is 44.4 Å². The Morgan fingerprint density at radius 3 is 2.75 bits per heavy atom. The summed E-state index contributed by atoms with van der Waals surface area (Å²) in [6.45, 7) is 4.97. The van der Waals surface area contributed by atoms with Crippen LogP contribution in [0.4, 0.5) is 0 Å². The number of benzene rings is 1. The second kappa shape index (κ2) is 9.19. The zero-order chi connectivity index (χ0) is 13.5. The zero-order valence-corrected chi connectivity index (χ0v) is 13.0. The van der Waals surface area contributed by atoms with E-state index in [4.69, 9.17) is 11.6 Å². The lowest BCUT2D eigenvalue weighted by molar-refractivity contribution is -0.122. The summed E-state index contributed by atoms with van der Waals surface area (Å²) in [5, 5.41) is 6.98. The van der Waals surface area contributed by atoms with Crippen LogP contribution in [0.2, 0.25) is 5.02 Å². The molecule has 1 amide bonds. The van der Waals surface area contributed by atoms with E-state index in [0.29, 0.717) is 18.1 Å². The van der Waals surface area contributed by atoms with E-state index in [1.807, 2.05) is 24.3 Å². The molecule has 0 saturated carbocycles. The van der Waals surface area contributed by atoms with E-state index in [9.17, 15) is 4.79 Å². The van der Waals surface area contributed by atoms with E-state index < -0.39 is 0 Å². The molecule has 2 rings (SSSR count). The Hall–Kier alpha value is -0.810. The van der Waals surface area contributed by atoms with Gasteiger partial charge >= 0.3 is 0 Å². The largest absolute Gasteiger partial charge is 0.351 e. The Bertz CT molecular complexity index is 403. The maximum atomic E-state index is 11.9. The first-order chi connectivity index (χ1) is 9.24. The van der Waals surface area contributed by atoms with Gasteiger partial charge in [0, 0.05) is 24.7 Å². The van der Waals surface area contributed by atoms with Crippen LogP contribution in [0.5, 0.6) is 0 Å². The summed E-state index contributed by atoms with van der Waals surface area (Å²) in [4.78, 5) is 14.1. The van der Waals surface area contributed by atoms with Crippen LogP contribution in [0.25, 0.3) is 0 Å². The predicted octanol–water partition coefficient (Wildman–Crippen LogP) is 1.67. The molecule has 2 N–H and O–H groups in total. The molecule has 1 aromatic rings. The second-order valence-electron chi connectivity index (χ2n) is 4.78. The highest BCUT2D eigenvalue weighted by Gasteiger charge is 2.12. The summed E-state index contributed by atoms with van der Waals surface area (Å²) in [6, 6.07) is 7.53. The molecule has 112 valence electrons. The maximum Gasteiger partial charge on any atom is 0.234 e. The van der Waals surface area contributed by atoms with E-state index in [0.717, 1.165) is 38.2 Å². The first kappa shape index (κ1) is 17.2. The van der Waals surface area contributed by atoms with Crippen LogP contribution in [-0.2, 0) is 11.3 Å². The van der Waals surface area contributed by atoms with Gasteiger partial charge in [0.1, 0.15) is 0 Å². The molecule has 1 aliphatic heterocycles. The van der Waals surface area contributed by atoms with Gasteiger partial charge < -0.3 is 10.6 Å². The number of nitrogens with zero attached hydrogens (tertiary/aromatic N) is 1. The van der Waals surface area contributed by atoms with Gasteiger partial charge in [-0.3, -0.25) is 9.69 Å². The highest BCUT2D eigenvalue weighted by atomic mass is 35.5. The molecule has 0 radical (unpaired) electrons. The Kier molecular flexibility index (Phi) is 7.92. The lowest BCUT2D eigenvalue weighted by Crippen LogP contribution is -2.38. The van der Waals surface area contributed by atoms with E-state index >= 15 is 0 Å². The van der Waals surface area contributed by atoms with Crippen LogP contribution in [-0.4, -0.2) is 43.5 Å². The van der Waals surface area contributed by atoms with Crippen molar-refractivity contribution in [2.45, 2.75) is 13.0 Å². The fourth-order valence-corrected chi connectivity index (χ4v) is 2.25. The van der Waals surface area contributed by atoms with E-state index in [1.54, 1.807) is 0 Å². The van der Waals surface area contributed by atoms with Crippen molar-refractivity contribution in [1.82, 2.24) is 15.5 Å². The van der Waals surface area contributed by atoms with Crippen molar-refractivity contribution < 1.29 is 4.79 Å². The molecule has 1 saturated heterocycles. The molecule has 0 atom stereocenters. The Morgan fingerprint density at radius 1 is 1.25 bits per heavy atom. The van der Waals surface area contributed by atoms with Crippen LogP contribution < -0.4 is 10.6 Å². The third-order valence-corrected chi connectivity index (χ3v) is 3.45. The highest BCUT2D eigenvalue weighted by Crippen LogP contribution is 2.09. The van der Waals surface area contributed by atoms with Crippen molar-refractivity contribution in [3.63, 3.8) is 0 Å². The fourth-order valence-electron chi connectivity index (χ4n) is 2.12. The number of rotatable bonds is 4. The van der Waals surface area contributed by atoms with Gasteiger partial charge in [0.2, 0.25) is 5.91 Å². The normalized spacial score (nSPS) is 16.1. The van der Waals surface area contributed by atoms with Crippen molar-refractivity contribution in [1.29, 1.82) is 0 Å². The van der Waals surface area contributed by atoms with Crippen LogP contribution in [0.15, 0.2) is 24.3 Å². The molecule has 4 nitrogen and oxygen atoms in total. The van der Waals surface area contributed by atoms with Gasteiger partial charge in [-0.1, -0.05) is 23.7 Å². The first-order valence-corrected chi connectivity index (χ1v) is 7.06.